The topological polar surface area (TPSA) is 141 Å². The Morgan fingerprint density at radius 1 is 1.08 bits per heavy atom. The van der Waals surface area contributed by atoms with Crippen LogP contribution in [-0.2, 0) is 22.7 Å². The third kappa shape index (κ3) is 4.16. The summed E-state index contributed by atoms with van der Waals surface area (Å²) in [4.78, 5) is 8.22. The van der Waals surface area contributed by atoms with Crippen LogP contribution in [0.2, 0.25) is 0 Å². The SMILES string of the molecule is N#CC1=C([O-])COC1.N#Cc1cc2c3c(c(N)nc2cn1)COC3.[K+]. The summed E-state index contributed by atoms with van der Waals surface area (Å²) >= 11 is 0. The van der Waals surface area contributed by atoms with Gasteiger partial charge < -0.3 is 20.3 Å². The van der Waals surface area contributed by atoms with Crippen LogP contribution in [0.25, 0.3) is 10.9 Å². The number of aromatic nitrogens is 2. The van der Waals surface area contributed by atoms with Crippen molar-refractivity contribution < 1.29 is 66.0 Å². The van der Waals surface area contributed by atoms with Crippen LogP contribution in [0.1, 0.15) is 16.8 Å². The summed E-state index contributed by atoms with van der Waals surface area (Å²) in [5, 5.41) is 28.3. The van der Waals surface area contributed by atoms with Crippen LogP contribution >= 0.6 is 0 Å². The minimum atomic E-state index is -0.174. The maximum atomic E-state index is 10.4. The van der Waals surface area contributed by atoms with Crippen molar-refractivity contribution in [2.45, 2.75) is 13.2 Å². The van der Waals surface area contributed by atoms with Gasteiger partial charge in [0, 0.05) is 16.5 Å². The van der Waals surface area contributed by atoms with E-state index in [0.29, 0.717) is 30.2 Å². The molecule has 4 heterocycles. The first-order chi connectivity index (χ1) is 11.6. The molecule has 120 valence electrons. The average Bonchev–Trinajstić information content (AvgIpc) is 3.24. The zero-order valence-electron chi connectivity index (χ0n) is 13.6. The van der Waals surface area contributed by atoms with Crippen LogP contribution in [0.5, 0.6) is 0 Å². The molecule has 0 fully saturated rings. The number of hydrogen-bond donors (Lipinski definition) is 1. The second kappa shape index (κ2) is 8.69. The zero-order valence-corrected chi connectivity index (χ0v) is 16.7. The summed E-state index contributed by atoms with van der Waals surface area (Å²) in [7, 11) is 0. The summed E-state index contributed by atoms with van der Waals surface area (Å²) < 4.78 is 10.0. The van der Waals surface area contributed by atoms with Gasteiger partial charge in [-0.05, 0) is 11.6 Å². The minimum Gasteiger partial charge on any atom is -0.873 e. The summed E-state index contributed by atoms with van der Waals surface area (Å²) in [6, 6.07) is 5.50. The molecule has 2 aromatic rings. The van der Waals surface area contributed by atoms with Crippen molar-refractivity contribution in [3.8, 4) is 12.1 Å². The van der Waals surface area contributed by atoms with E-state index in [1.165, 1.54) is 0 Å². The Hall–Kier alpha value is -1.56. The Labute approximate surface area is 186 Å². The fourth-order valence-corrected chi connectivity index (χ4v) is 2.44. The number of hydrogen-bond acceptors (Lipinski definition) is 8. The molecule has 8 nitrogen and oxygen atoms in total. The van der Waals surface area contributed by atoms with E-state index in [0.717, 1.165) is 16.5 Å². The van der Waals surface area contributed by atoms with Crippen LogP contribution in [0, 0.1) is 22.7 Å². The quantitative estimate of drug-likeness (QED) is 0.499. The van der Waals surface area contributed by atoms with E-state index >= 15 is 0 Å². The number of ether oxygens (including phenoxy) is 2. The van der Waals surface area contributed by atoms with Gasteiger partial charge in [0.2, 0.25) is 0 Å². The number of rotatable bonds is 0. The molecule has 0 amide bonds. The van der Waals surface area contributed by atoms with Crippen molar-refractivity contribution in [2.24, 2.45) is 0 Å². The van der Waals surface area contributed by atoms with Crippen molar-refractivity contribution >= 4 is 16.7 Å². The van der Waals surface area contributed by atoms with Gasteiger partial charge >= 0.3 is 51.4 Å². The number of nitrogen functional groups attached to an aromatic ring is 1. The molecule has 2 aliphatic heterocycles. The molecule has 0 bridgehead atoms. The Morgan fingerprint density at radius 3 is 2.40 bits per heavy atom. The summed E-state index contributed by atoms with van der Waals surface area (Å²) in [5.74, 6) is 0.319. The van der Waals surface area contributed by atoms with Crippen molar-refractivity contribution in [2.75, 3.05) is 18.9 Å². The van der Waals surface area contributed by atoms with E-state index in [1.807, 2.05) is 6.07 Å². The third-order valence-electron chi connectivity index (χ3n) is 3.68. The predicted octanol–water partition coefficient (Wildman–Crippen LogP) is -2.73. The van der Waals surface area contributed by atoms with Crippen molar-refractivity contribution in [1.82, 2.24) is 9.97 Å². The molecule has 0 saturated heterocycles. The molecular weight excluding hydrogens is 349 g/mol. The normalized spacial score (nSPS) is 14.8. The van der Waals surface area contributed by atoms with Gasteiger partial charge in [0.25, 0.3) is 0 Å². The second-order valence-corrected chi connectivity index (χ2v) is 5.15. The molecule has 0 aromatic carbocycles. The zero-order chi connectivity index (χ0) is 17.1. The maximum Gasteiger partial charge on any atom is 1.00 e. The van der Waals surface area contributed by atoms with Gasteiger partial charge in [-0.3, -0.25) is 0 Å². The third-order valence-corrected chi connectivity index (χ3v) is 3.68. The number of anilines is 1. The van der Waals surface area contributed by atoms with Gasteiger partial charge in [-0.1, -0.05) is 5.76 Å². The van der Waals surface area contributed by atoms with Gasteiger partial charge in [-0.25, -0.2) is 9.97 Å². The minimum absolute atomic E-state index is 0. The number of fused-ring (bicyclic) bond motifs is 3. The molecule has 0 unspecified atom stereocenters. The van der Waals surface area contributed by atoms with E-state index < -0.39 is 0 Å². The number of nitriles is 2. The first-order valence-electron chi connectivity index (χ1n) is 7.05. The average molecular weight is 361 g/mol. The monoisotopic (exact) mass is 361 g/mol. The van der Waals surface area contributed by atoms with Crippen LogP contribution in [0.3, 0.4) is 0 Å². The molecular formula is C16H12KN5O3. The standard InChI is InChI=1S/C11H8N4O.C5H5NO2.K/c12-2-6-1-7-8-4-16-5-9(8)11(13)15-10(7)3-14-6;6-1-4-2-8-3-5(4)7;/h1,3H,4-5H2,(H2,13,15);7H,2-3H2;/q;;+1/p-1. The van der Waals surface area contributed by atoms with Gasteiger partial charge in [0.15, 0.2) is 0 Å². The first-order valence-corrected chi connectivity index (χ1v) is 7.05. The Kier molecular flexibility index (Phi) is 6.87. The second-order valence-electron chi connectivity index (χ2n) is 5.15. The molecule has 0 saturated carbocycles. The summed E-state index contributed by atoms with van der Waals surface area (Å²) in [5.41, 5.74) is 9.12. The fourth-order valence-electron chi connectivity index (χ4n) is 2.44. The number of pyridine rings is 2. The number of nitrogens with zero attached hydrogens (tertiary/aromatic N) is 4. The first kappa shape index (κ1) is 19.8. The Balaban J connectivity index is 0.000000214. The molecule has 0 spiro atoms. The van der Waals surface area contributed by atoms with E-state index in [-0.39, 0.29) is 75.9 Å². The molecule has 4 rings (SSSR count). The largest absolute Gasteiger partial charge is 1.00 e. The van der Waals surface area contributed by atoms with Crippen molar-refractivity contribution in [1.29, 1.82) is 10.5 Å². The van der Waals surface area contributed by atoms with Gasteiger partial charge in [0.1, 0.15) is 17.6 Å². The van der Waals surface area contributed by atoms with Crippen molar-refractivity contribution in [3.05, 3.63) is 40.4 Å². The molecule has 25 heavy (non-hydrogen) atoms. The molecule has 2 aromatic heterocycles. The fraction of sp³-hybridized carbons (Fsp3) is 0.250. The molecule has 2 N–H and O–H groups in total. The Morgan fingerprint density at radius 2 is 1.80 bits per heavy atom. The summed E-state index contributed by atoms with van der Waals surface area (Å²) in [6.07, 6.45) is 1.57. The number of nitrogens with two attached hydrogens (primary N) is 1. The smallest absolute Gasteiger partial charge is 0.873 e. The van der Waals surface area contributed by atoms with Gasteiger partial charge in [-0.15, -0.1) is 0 Å². The molecule has 0 radical (unpaired) electrons. The van der Waals surface area contributed by atoms with E-state index in [4.69, 9.17) is 21.0 Å². The Bertz CT molecular complexity index is 930. The van der Waals surface area contributed by atoms with Gasteiger partial charge in [-0.2, -0.15) is 10.5 Å². The molecule has 0 aliphatic carbocycles. The van der Waals surface area contributed by atoms with Crippen LogP contribution in [-0.4, -0.2) is 23.2 Å². The van der Waals surface area contributed by atoms with Crippen molar-refractivity contribution in [3.63, 3.8) is 0 Å². The van der Waals surface area contributed by atoms with Gasteiger partial charge in [0.05, 0.1) is 44.2 Å². The summed E-state index contributed by atoms with van der Waals surface area (Å²) in [6.45, 7) is 1.31. The molecule has 9 heteroatoms. The molecule has 2 aliphatic rings. The van der Waals surface area contributed by atoms with E-state index in [1.54, 1.807) is 18.3 Å². The van der Waals surface area contributed by atoms with E-state index in [9.17, 15) is 5.11 Å². The van der Waals surface area contributed by atoms with Crippen LogP contribution < -0.4 is 62.2 Å². The van der Waals surface area contributed by atoms with E-state index in [2.05, 4.69) is 14.7 Å². The molecule has 0 atom stereocenters. The van der Waals surface area contributed by atoms with Crippen LogP contribution in [0.15, 0.2) is 23.6 Å². The maximum absolute atomic E-state index is 10.4. The predicted molar refractivity (Wildman–Crippen MR) is 80.6 cm³/mol. The van der Waals surface area contributed by atoms with Crippen LogP contribution in [0.4, 0.5) is 5.82 Å².